The number of para-hydroxylation sites is 1. The molecule has 0 atom stereocenters. The van der Waals surface area contributed by atoms with Crippen molar-refractivity contribution in [3.05, 3.63) is 63.7 Å². The largest absolute Gasteiger partial charge is 0.315 e. The molecule has 0 N–H and O–H groups in total. The van der Waals surface area contributed by atoms with Gasteiger partial charge in [-0.3, -0.25) is 4.79 Å². The van der Waals surface area contributed by atoms with Crippen LogP contribution in [0.3, 0.4) is 0 Å². The van der Waals surface area contributed by atoms with Crippen LogP contribution < -0.4 is 4.80 Å². The van der Waals surface area contributed by atoms with Gasteiger partial charge in [0.25, 0.3) is 5.91 Å². The fourth-order valence-corrected chi connectivity index (χ4v) is 3.80. The number of amides is 1. The second kappa shape index (κ2) is 6.64. The molecular weight excluding hydrogens is 335 g/mol. The maximum Gasteiger partial charge on any atom is 0.282 e. The number of carbonyl (C=O) groups is 1. The fraction of sp³-hybridized carbons (Fsp3) is 0.176. The Hall–Kier alpha value is -1.98. The first kappa shape index (κ1) is 15.9. The minimum absolute atomic E-state index is 0.0286. The van der Waals surface area contributed by atoms with Crippen LogP contribution in [0.1, 0.15) is 23.7 Å². The molecule has 0 fully saturated rings. The summed E-state index contributed by atoms with van der Waals surface area (Å²) in [6.07, 6.45) is 0.873. The Morgan fingerprint density at radius 3 is 2.78 bits per heavy atom. The smallest absolute Gasteiger partial charge is 0.282 e. The van der Waals surface area contributed by atoms with E-state index >= 15 is 0 Å². The highest BCUT2D eigenvalue weighted by atomic mass is 35.5. The van der Waals surface area contributed by atoms with Crippen molar-refractivity contribution in [2.75, 3.05) is 0 Å². The van der Waals surface area contributed by atoms with Gasteiger partial charge in [0.2, 0.25) is 0 Å². The Morgan fingerprint density at radius 1 is 1.26 bits per heavy atom. The zero-order valence-electron chi connectivity index (χ0n) is 12.4. The van der Waals surface area contributed by atoms with Crippen molar-refractivity contribution in [2.24, 2.45) is 4.99 Å². The summed E-state index contributed by atoms with van der Waals surface area (Å²) in [4.78, 5) is 17.0. The highest BCUT2D eigenvalue weighted by Crippen LogP contribution is 2.25. The maximum atomic E-state index is 13.8. The molecule has 118 valence electrons. The van der Waals surface area contributed by atoms with Gasteiger partial charge in [-0.15, -0.1) is 0 Å². The molecule has 3 nitrogen and oxygen atoms in total. The summed E-state index contributed by atoms with van der Waals surface area (Å²) >= 11 is 7.66. The third-order valence-corrected chi connectivity index (χ3v) is 4.75. The predicted molar refractivity (Wildman–Crippen MR) is 91.4 cm³/mol. The van der Waals surface area contributed by atoms with Gasteiger partial charge in [-0.1, -0.05) is 48.1 Å². The molecule has 3 aromatic rings. The Bertz CT molecular complexity index is 945. The van der Waals surface area contributed by atoms with E-state index in [1.54, 1.807) is 12.1 Å². The number of thiazole rings is 1. The summed E-state index contributed by atoms with van der Waals surface area (Å²) in [5, 5.41) is 0.618. The van der Waals surface area contributed by atoms with Crippen LogP contribution >= 0.6 is 22.9 Å². The lowest BCUT2D eigenvalue weighted by atomic mass is 10.2. The van der Waals surface area contributed by atoms with Crippen LogP contribution in [0.15, 0.2) is 47.5 Å². The Balaban J connectivity index is 2.19. The maximum absolute atomic E-state index is 13.8. The predicted octanol–water partition coefficient (Wildman–Crippen LogP) is 4.65. The van der Waals surface area contributed by atoms with Crippen LogP contribution in [0.4, 0.5) is 4.39 Å². The lowest BCUT2D eigenvalue weighted by Gasteiger charge is -2.04. The molecular formula is C17H14ClFN2OS. The number of aromatic nitrogens is 1. The van der Waals surface area contributed by atoms with Crippen molar-refractivity contribution in [1.29, 1.82) is 0 Å². The molecule has 1 heterocycles. The van der Waals surface area contributed by atoms with Gasteiger partial charge >= 0.3 is 0 Å². The molecule has 3 rings (SSSR count). The Morgan fingerprint density at radius 2 is 2.04 bits per heavy atom. The van der Waals surface area contributed by atoms with Gasteiger partial charge in [0, 0.05) is 6.54 Å². The van der Waals surface area contributed by atoms with Gasteiger partial charge in [-0.05, 0) is 30.7 Å². The van der Waals surface area contributed by atoms with E-state index in [9.17, 15) is 9.18 Å². The first-order valence-electron chi connectivity index (χ1n) is 7.23. The van der Waals surface area contributed by atoms with Crippen molar-refractivity contribution < 1.29 is 9.18 Å². The van der Waals surface area contributed by atoms with Crippen molar-refractivity contribution in [1.82, 2.24) is 4.57 Å². The summed E-state index contributed by atoms with van der Waals surface area (Å²) in [5.41, 5.74) is 0.834. The van der Waals surface area contributed by atoms with E-state index in [4.69, 9.17) is 11.6 Å². The molecule has 0 bridgehead atoms. The standard InChI is InChI=1S/C17H14ClFN2OS/c1-2-10-21-15-12(18)7-5-9-14(15)23-17(21)20-16(22)11-6-3-4-8-13(11)19/h3-9H,2,10H2,1H3. The van der Waals surface area contributed by atoms with Crippen LogP contribution in [0.5, 0.6) is 0 Å². The molecule has 0 spiro atoms. The number of halogens is 2. The zero-order chi connectivity index (χ0) is 16.4. The molecule has 0 aliphatic heterocycles. The molecule has 1 aromatic heterocycles. The monoisotopic (exact) mass is 348 g/mol. The van der Waals surface area contributed by atoms with E-state index in [2.05, 4.69) is 4.99 Å². The van der Waals surface area contributed by atoms with Crippen molar-refractivity contribution in [3.8, 4) is 0 Å². The molecule has 6 heteroatoms. The Kier molecular flexibility index (Phi) is 4.59. The molecule has 0 aliphatic carbocycles. The topological polar surface area (TPSA) is 34.4 Å². The van der Waals surface area contributed by atoms with Crippen molar-refractivity contribution in [3.63, 3.8) is 0 Å². The number of carbonyl (C=O) groups excluding carboxylic acids is 1. The third kappa shape index (κ3) is 3.07. The van der Waals surface area contributed by atoms with E-state index in [1.165, 1.54) is 23.5 Å². The summed E-state index contributed by atoms with van der Waals surface area (Å²) in [7, 11) is 0. The summed E-state index contributed by atoms with van der Waals surface area (Å²) < 4.78 is 16.6. The quantitative estimate of drug-likeness (QED) is 0.678. The number of hydrogen-bond donors (Lipinski definition) is 0. The molecule has 0 saturated heterocycles. The summed E-state index contributed by atoms with van der Waals surface area (Å²) in [5.74, 6) is -1.15. The molecule has 0 saturated carbocycles. The van der Waals surface area contributed by atoms with Gasteiger partial charge in [0.15, 0.2) is 4.80 Å². The van der Waals surface area contributed by atoms with Crippen LogP contribution in [-0.4, -0.2) is 10.5 Å². The van der Waals surface area contributed by atoms with E-state index < -0.39 is 11.7 Å². The number of aryl methyl sites for hydroxylation is 1. The van der Waals surface area contributed by atoms with Crippen molar-refractivity contribution in [2.45, 2.75) is 19.9 Å². The van der Waals surface area contributed by atoms with E-state index in [1.807, 2.05) is 29.7 Å². The number of hydrogen-bond acceptors (Lipinski definition) is 2. The number of rotatable bonds is 3. The number of fused-ring (bicyclic) bond motifs is 1. The normalized spacial score (nSPS) is 12.0. The highest BCUT2D eigenvalue weighted by molar-refractivity contribution is 7.16. The Labute approximate surface area is 141 Å². The highest BCUT2D eigenvalue weighted by Gasteiger charge is 2.13. The summed E-state index contributed by atoms with van der Waals surface area (Å²) in [6.45, 7) is 2.73. The van der Waals surface area contributed by atoms with Crippen LogP contribution in [-0.2, 0) is 6.54 Å². The lowest BCUT2D eigenvalue weighted by Crippen LogP contribution is -2.17. The van der Waals surface area contributed by atoms with E-state index in [0.717, 1.165) is 16.6 Å². The summed E-state index contributed by atoms with van der Waals surface area (Å²) in [6, 6.07) is 11.5. The minimum Gasteiger partial charge on any atom is -0.315 e. The molecule has 1 amide bonds. The minimum atomic E-state index is -0.587. The van der Waals surface area contributed by atoms with E-state index in [0.29, 0.717) is 16.4 Å². The number of nitrogens with zero attached hydrogens (tertiary/aromatic N) is 2. The van der Waals surface area contributed by atoms with Crippen LogP contribution in [0, 0.1) is 5.82 Å². The molecule has 23 heavy (non-hydrogen) atoms. The molecule has 0 unspecified atom stereocenters. The number of benzene rings is 2. The van der Waals surface area contributed by atoms with Gasteiger partial charge in [-0.2, -0.15) is 4.99 Å². The SMILES string of the molecule is CCCn1c(=NC(=O)c2ccccc2F)sc2cccc(Cl)c21. The van der Waals surface area contributed by atoms with Gasteiger partial charge in [0.05, 0.1) is 20.8 Å². The lowest BCUT2D eigenvalue weighted by molar-refractivity contribution is 0.0994. The third-order valence-electron chi connectivity index (χ3n) is 3.40. The van der Waals surface area contributed by atoms with Gasteiger partial charge in [0.1, 0.15) is 5.82 Å². The van der Waals surface area contributed by atoms with Gasteiger partial charge in [-0.25, -0.2) is 4.39 Å². The molecule has 0 radical (unpaired) electrons. The molecule has 0 aliphatic rings. The zero-order valence-corrected chi connectivity index (χ0v) is 14.0. The first-order valence-corrected chi connectivity index (χ1v) is 8.42. The van der Waals surface area contributed by atoms with Crippen LogP contribution in [0.25, 0.3) is 10.2 Å². The second-order valence-electron chi connectivity index (χ2n) is 5.02. The average molecular weight is 349 g/mol. The fourth-order valence-electron chi connectivity index (χ4n) is 2.38. The first-order chi connectivity index (χ1) is 11.1. The second-order valence-corrected chi connectivity index (χ2v) is 6.44. The van der Waals surface area contributed by atoms with Crippen LogP contribution in [0.2, 0.25) is 5.02 Å². The molecule has 2 aromatic carbocycles. The van der Waals surface area contributed by atoms with Gasteiger partial charge < -0.3 is 4.57 Å². The average Bonchev–Trinajstić information content (AvgIpc) is 2.87. The van der Waals surface area contributed by atoms with E-state index in [-0.39, 0.29) is 5.56 Å². The van der Waals surface area contributed by atoms with Crippen molar-refractivity contribution >= 4 is 39.1 Å².